The Kier molecular flexibility index (Phi) is 4.11. The summed E-state index contributed by atoms with van der Waals surface area (Å²) in [6.07, 6.45) is 0. The summed E-state index contributed by atoms with van der Waals surface area (Å²) in [5.41, 5.74) is 3.94. The SMILES string of the molecule is CC(C(=O)N1Cc2ccccc2C(c2ccccc2)C1)C1CNC1. The van der Waals surface area contributed by atoms with Crippen molar-refractivity contribution in [3.63, 3.8) is 0 Å². The lowest BCUT2D eigenvalue weighted by Gasteiger charge is -2.39. The van der Waals surface area contributed by atoms with Crippen LogP contribution in [-0.4, -0.2) is 30.4 Å². The van der Waals surface area contributed by atoms with Crippen molar-refractivity contribution in [1.29, 1.82) is 0 Å². The standard InChI is InChI=1S/C21H24N2O/c1-15(18-11-22-12-18)21(24)23-13-17-9-5-6-10-19(17)20(14-23)16-7-3-2-4-8-16/h2-10,15,18,20,22H,11-14H2,1H3. The normalized spacial score (nSPS) is 21.7. The number of amides is 1. The fraction of sp³-hybridized carbons (Fsp3) is 0.381. The van der Waals surface area contributed by atoms with Gasteiger partial charge in [0, 0.05) is 24.9 Å². The molecule has 24 heavy (non-hydrogen) atoms. The van der Waals surface area contributed by atoms with Crippen molar-refractivity contribution >= 4 is 5.91 Å². The lowest BCUT2D eigenvalue weighted by Crippen LogP contribution is -2.51. The molecule has 2 heterocycles. The first kappa shape index (κ1) is 15.4. The van der Waals surface area contributed by atoms with Gasteiger partial charge in [0.25, 0.3) is 0 Å². The molecule has 2 aromatic rings. The van der Waals surface area contributed by atoms with E-state index in [2.05, 4.69) is 65.7 Å². The Morgan fingerprint density at radius 2 is 1.79 bits per heavy atom. The van der Waals surface area contributed by atoms with Crippen LogP contribution in [0.5, 0.6) is 0 Å². The van der Waals surface area contributed by atoms with Crippen molar-refractivity contribution in [3.05, 3.63) is 71.3 Å². The predicted octanol–water partition coefficient (Wildman–Crippen LogP) is 3.02. The average Bonchev–Trinajstić information content (AvgIpc) is 2.59. The van der Waals surface area contributed by atoms with E-state index < -0.39 is 0 Å². The van der Waals surface area contributed by atoms with Gasteiger partial charge in [0.2, 0.25) is 5.91 Å². The van der Waals surface area contributed by atoms with Crippen LogP contribution in [0.3, 0.4) is 0 Å². The van der Waals surface area contributed by atoms with Gasteiger partial charge >= 0.3 is 0 Å². The zero-order valence-corrected chi connectivity index (χ0v) is 14.1. The van der Waals surface area contributed by atoms with Crippen molar-refractivity contribution in [3.8, 4) is 0 Å². The molecular weight excluding hydrogens is 296 g/mol. The molecule has 0 bridgehead atoms. The lowest BCUT2D eigenvalue weighted by atomic mass is 9.83. The van der Waals surface area contributed by atoms with Crippen LogP contribution < -0.4 is 5.32 Å². The first-order chi connectivity index (χ1) is 11.7. The van der Waals surface area contributed by atoms with Crippen LogP contribution in [0.1, 0.15) is 29.5 Å². The van der Waals surface area contributed by atoms with E-state index in [-0.39, 0.29) is 11.8 Å². The highest BCUT2D eigenvalue weighted by Crippen LogP contribution is 2.34. The number of nitrogens with zero attached hydrogens (tertiary/aromatic N) is 1. The monoisotopic (exact) mass is 320 g/mol. The highest BCUT2D eigenvalue weighted by Gasteiger charge is 2.35. The third-order valence-electron chi connectivity index (χ3n) is 5.62. The number of hydrogen-bond donors (Lipinski definition) is 1. The summed E-state index contributed by atoms with van der Waals surface area (Å²) >= 11 is 0. The van der Waals surface area contributed by atoms with E-state index in [0.717, 1.165) is 26.2 Å². The number of fused-ring (bicyclic) bond motifs is 1. The van der Waals surface area contributed by atoms with Crippen LogP contribution in [-0.2, 0) is 11.3 Å². The summed E-state index contributed by atoms with van der Waals surface area (Å²) in [6.45, 7) is 5.55. The zero-order chi connectivity index (χ0) is 16.5. The van der Waals surface area contributed by atoms with Gasteiger partial charge in [-0.1, -0.05) is 61.5 Å². The van der Waals surface area contributed by atoms with Crippen molar-refractivity contribution in [2.45, 2.75) is 19.4 Å². The van der Waals surface area contributed by atoms with Crippen LogP contribution in [0.25, 0.3) is 0 Å². The van der Waals surface area contributed by atoms with E-state index in [1.165, 1.54) is 16.7 Å². The molecule has 1 saturated heterocycles. The Morgan fingerprint density at radius 3 is 2.50 bits per heavy atom. The zero-order valence-electron chi connectivity index (χ0n) is 14.1. The molecule has 0 spiro atoms. The van der Waals surface area contributed by atoms with Gasteiger partial charge in [0.05, 0.1) is 0 Å². The minimum absolute atomic E-state index is 0.105. The number of carbonyl (C=O) groups excluding carboxylic acids is 1. The molecule has 0 aromatic heterocycles. The number of nitrogens with one attached hydrogen (secondary N) is 1. The Labute approximate surface area is 143 Å². The second kappa shape index (κ2) is 6.40. The van der Waals surface area contributed by atoms with Gasteiger partial charge in [-0.15, -0.1) is 0 Å². The quantitative estimate of drug-likeness (QED) is 0.943. The van der Waals surface area contributed by atoms with Crippen LogP contribution in [0, 0.1) is 11.8 Å². The Balaban J connectivity index is 1.64. The largest absolute Gasteiger partial charge is 0.337 e. The molecule has 1 N–H and O–H groups in total. The van der Waals surface area contributed by atoms with Crippen LogP contribution >= 0.6 is 0 Å². The fourth-order valence-corrected chi connectivity index (χ4v) is 3.90. The second-order valence-electron chi connectivity index (χ2n) is 7.09. The first-order valence-electron chi connectivity index (χ1n) is 8.86. The van der Waals surface area contributed by atoms with Gasteiger partial charge in [-0.3, -0.25) is 4.79 Å². The van der Waals surface area contributed by atoms with E-state index in [1.54, 1.807) is 0 Å². The Morgan fingerprint density at radius 1 is 1.08 bits per heavy atom. The first-order valence-corrected chi connectivity index (χ1v) is 8.86. The maximum Gasteiger partial charge on any atom is 0.226 e. The molecule has 2 aromatic carbocycles. The summed E-state index contributed by atoms with van der Waals surface area (Å²) in [6, 6.07) is 19.1. The number of hydrogen-bond acceptors (Lipinski definition) is 2. The minimum atomic E-state index is 0.105. The van der Waals surface area contributed by atoms with Gasteiger partial charge in [-0.05, 0) is 35.7 Å². The van der Waals surface area contributed by atoms with E-state index in [9.17, 15) is 4.79 Å². The van der Waals surface area contributed by atoms with Gasteiger partial charge in [-0.2, -0.15) is 0 Å². The van der Waals surface area contributed by atoms with E-state index >= 15 is 0 Å². The molecule has 1 fully saturated rings. The third kappa shape index (κ3) is 2.73. The second-order valence-corrected chi connectivity index (χ2v) is 7.09. The molecule has 3 heteroatoms. The molecule has 4 rings (SSSR count). The third-order valence-corrected chi connectivity index (χ3v) is 5.62. The van der Waals surface area contributed by atoms with Crippen LogP contribution in [0.15, 0.2) is 54.6 Å². The molecular formula is C21H24N2O. The maximum atomic E-state index is 13.0. The summed E-state index contributed by atoms with van der Waals surface area (Å²) in [5.74, 6) is 1.17. The van der Waals surface area contributed by atoms with E-state index in [1.807, 2.05) is 6.07 Å². The number of rotatable bonds is 3. The summed E-state index contributed by atoms with van der Waals surface area (Å²) in [7, 11) is 0. The topological polar surface area (TPSA) is 32.3 Å². The molecule has 2 aliphatic heterocycles. The lowest BCUT2D eigenvalue weighted by molar-refractivity contribution is -0.138. The van der Waals surface area contributed by atoms with Gasteiger partial charge in [0.1, 0.15) is 0 Å². The highest BCUT2D eigenvalue weighted by molar-refractivity contribution is 5.79. The van der Waals surface area contributed by atoms with Gasteiger partial charge < -0.3 is 10.2 Å². The maximum absolute atomic E-state index is 13.0. The highest BCUT2D eigenvalue weighted by atomic mass is 16.2. The van der Waals surface area contributed by atoms with Gasteiger partial charge in [-0.25, -0.2) is 0 Å². The molecule has 1 amide bonds. The van der Waals surface area contributed by atoms with Crippen LogP contribution in [0.2, 0.25) is 0 Å². The van der Waals surface area contributed by atoms with E-state index in [0.29, 0.717) is 11.8 Å². The van der Waals surface area contributed by atoms with E-state index in [4.69, 9.17) is 0 Å². The van der Waals surface area contributed by atoms with Gasteiger partial charge in [0.15, 0.2) is 0 Å². The minimum Gasteiger partial charge on any atom is -0.337 e. The van der Waals surface area contributed by atoms with Crippen molar-refractivity contribution < 1.29 is 4.79 Å². The number of carbonyl (C=O) groups is 1. The van der Waals surface area contributed by atoms with Crippen molar-refractivity contribution in [2.75, 3.05) is 19.6 Å². The molecule has 2 aliphatic rings. The molecule has 0 saturated carbocycles. The Bertz CT molecular complexity index is 724. The molecule has 2 atom stereocenters. The van der Waals surface area contributed by atoms with Crippen LogP contribution in [0.4, 0.5) is 0 Å². The van der Waals surface area contributed by atoms with Crippen molar-refractivity contribution in [1.82, 2.24) is 10.2 Å². The summed E-state index contributed by atoms with van der Waals surface area (Å²) < 4.78 is 0. The number of benzene rings is 2. The van der Waals surface area contributed by atoms with Crippen molar-refractivity contribution in [2.24, 2.45) is 11.8 Å². The molecule has 3 nitrogen and oxygen atoms in total. The summed E-state index contributed by atoms with van der Waals surface area (Å²) in [5, 5.41) is 3.28. The fourth-order valence-electron chi connectivity index (χ4n) is 3.90. The predicted molar refractivity (Wildman–Crippen MR) is 95.7 cm³/mol. The summed E-state index contributed by atoms with van der Waals surface area (Å²) in [4.78, 5) is 15.1. The Hall–Kier alpha value is -2.13. The average molecular weight is 320 g/mol. The molecule has 0 radical (unpaired) electrons. The smallest absolute Gasteiger partial charge is 0.226 e. The molecule has 2 unspecified atom stereocenters. The molecule has 0 aliphatic carbocycles. The molecule has 124 valence electrons.